The lowest BCUT2D eigenvalue weighted by Gasteiger charge is -2.42. The predicted octanol–water partition coefficient (Wildman–Crippen LogP) is 3.27. The van der Waals surface area contributed by atoms with Crippen LogP contribution >= 0.6 is 0 Å². The lowest BCUT2D eigenvalue weighted by atomic mass is 9.92. The molecular weight excluding hydrogens is 269 g/mol. The van der Waals surface area contributed by atoms with E-state index in [0.717, 1.165) is 38.8 Å². The number of piperidine rings is 1. The highest BCUT2D eigenvalue weighted by atomic mass is 19.1. The fourth-order valence-electron chi connectivity index (χ4n) is 3.10. The standard InChI is InChI=1S/C17H26FNO2/c1-21-13-6-3-10-17(20,19-11-4-2-5-12-19)15-8-7-9-16(18)14-15/h7-9,14,20H,2-6,10-13H2,1H3/t17-/m0/s1. The third-order valence-corrected chi connectivity index (χ3v) is 4.29. The Morgan fingerprint density at radius 3 is 2.67 bits per heavy atom. The van der Waals surface area contributed by atoms with Crippen molar-refractivity contribution >= 4 is 0 Å². The Kier molecular flexibility index (Phi) is 6.15. The van der Waals surface area contributed by atoms with Crippen LogP contribution in [0.15, 0.2) is 24.3 Å². The number of benzene rings is 1. The topological polar surface area (TPSA) is 32.7 Å². The van der Waals surface area contributed by atoms with Crippen LogP contribution in [0.25, 0.3) is 0 Å². The van der Waals surface area contributed by atoms with Gasteiger partial charge in [0.05, 0.1) is 0 Å². The molecule has 0 saturated carbocycles. The molecule has 4 heteroatoms. The Labute approximate surface area is 126 Å². The first-order valence-electron chi connectivity index (χ1n) is 7.89. The minimum absolute atomic E-state index is 0.292. The molecule has 1 N–H and O–H groups in total. The first-order valence-corrected chi connectivity index (χ1v) is 7.89. The molecule has 0 amide bonds. The van der Waals surface area contributed by atoms with E-state index < -0.39 is 5.72 Å². The second-order valence-electron chi connectivity index (χ2n) is 5.82. The van der Waals surface area contributed by atoms with Crippen LogP contribution in [0.3, 0.4) is 0 Å². The van der Waals surface area contributed by atoms with E-state index in [1.807, 2.05) is 6.07 Å². The average molecular weight is 295 g/mol. The summed E-state index contributed by atoms with van der Waals surface area (Å²) in [6.45, 7) is 2.44. The number of rotatable bonds is 7. The van der Waals surface area contributed by atoms with Crippen molar-refractivity contribution in [2.75, 3.05) is 26.8 Å². The van der Waals surface area contributed by atoms with E-state index in [-0.39, 0.29) is 5.82 Å². The maximum atomic E-state index is 13.6. The summed E-state index contributed by atoms with van der Waals surface area (Å²) < 4.78 is 18.6. The van der Waals surface area contributed by atoms with Crippen LogP contribution in [-0.4, -0.2) is 36.8 Å². The van der Waals surface area contributed by atoms with Crippen molar-refractivity contribution in [2.45, 2.75) is 44.2 Å². The maximum Gasteiger partial charge on any atom is 0.144 e. The summed E-state index contributed by atoms with van der Waals surface area (Å²) in [5, 5.41) is 11.2. The second-order valence-corrected chi connectivity index (χ2v) is 5.82. The minimum Gasteiger partial charge on any atom is -0.385 e. The molecule has 0 aromatic heterocycles. The molecule has 3 nitrogen and oxygen atoms in total. The fourth-order valence-corrected chi connectivity index (χ4v) is 3.10. The Morgan fingerprint density at radius 2 is 2.00 bits per heavy atom. The van der Waals surface area contributed by atoms with E-state index in [1.54, 1.807) is 13.2 Å². The predicted molar refractivity (Wildman–Crippen MR) is 81.4 cm³/mol. The van der Waals surface area contributed by atoms with Gasteiger partial charge >= 0.3 is 0 Å². The molecule has 1 aromatic rings. The first kappa shape index (κ1) is 16.4. The van der Waals surface area contributed by atoms with Gasteiger partial charge in [-0.1, -0.05) is 18.6 Å². The Hall–Kier alpha value is -0.970. The zero-order valence-corrected chi connectivity index (χ0v) is 12.9. The van der Waals surface area contributed by atoms with Crippen molar-refractivity contribution in [3.8, 4) is 0 Å². The summed E-state index contributed by atoms with van der Waals surface area (Å²) in [5.74, 6) is -0.292. The molecule has 0 radical (unpaired) electrons. The molecule has 0 bridgehead atoms. The Bertz CT molecular complexity index is 435. The molecule has 1 fully saturated rings. The van der Waals surface area contributed by atoms with Crippen molar-refractivity contribution in [1.29, 1.82) is 0 Å². The number of halogens is 1. The molecule has 118 valence electrons. The van der Waals surface area contributed by atoms with Crippen molar-refractivity contribution in [3.63, 3.8) is 0 Å². The quantitative estimate of drug-likeness (QED) is 0.784. The van der Waals surface area contributed by atoms with Crippen LogP contribution in [0.4, 0.5) is 4.39 Å². The number of hydrogen-bond donors (Lipinski definition) is 1. The van der Waals surface area contributed by atoms with E-state index in [1.165, 1.54) is 18.6 Å². The number of likely N-dealkylation sites (tertiary alicyclic amines) is 1. The van der Waals surface area contributed by atoms with Crippen LogP contribution < -0.4 is 0 Å². The number of unbranched alkanes of at least 4 members (excludes halogenated alkanes) is 1. The highest BCUT2D eigenvalue weighted by Crippen LogP contribution is 2.33. The van der Waals surface area contributed by atoms with E-state index in [0.29, 0.717) is 18.6 Å². The van der Waals surface area contributed by atoms with Gasteiger partial charge in [0.15, 0.2) is 0 Å². The van der Waals surface area contributed by atoms with Gasteiger partial charge < -0.3 is 9.84 Å². The van der Waals surface area contributed by atoms with Gasteiger partial charge in [0, 0.05) is 32.4 Å². The normalized spacial score (nSPS) is 19.4. The van der Waals surface area contributed by atoms with Gasteiger partial charge in [-0.15, -0.1) is 0 Å². The molecule has 1 aliphatic heterocycles. The summed E-state index contributed by atoms with van der Waals surface area (Å²) >= 11 is 0. The first-order chi connectivity index (χ1) is 10.2. The summed E-state index contributed by atoms with van der Waals surface area (Å²) in [7, 11) is 1.68. The van der Waals surface area contributed by atoms with Gasteiger partial charge in [0.1, 0.15) is 11.5 Å². The van der Waals surface area contributed by atoms with Gasteiger partial charge in [-0.3, -0.25) is 4.90 Å². The van der Waals surface area contributed by atoms with E-state index in [2.05, 4.69) is 4.90 Å². The highest BCUT2D eigenvalue weighted by molar-refractivity contribution is 5.23. The third-order valence-electron chi connectivity index (χ3n) is 4.29. The minimum atomic E-state index is -1.06. The van der Waals surface area contributed by atoms with E-state index >= 15 is 0 Å². The molecular formula is C17H26FNO2. The Morgan fingerprint density at radius 1 is 1.24 bits per heavy atom. The zero-order valence-electron chi connectivity index (χ0n) is 12.9. The fraction of sp³-hybridized carbons (Fsp3) is 0.647. The SMILES string of the molecule is COCCCC[C@](O)(c1cccc(F)c1)N1CCCCC1. The van der Waals surface area contributed by atoms with Crippen molar-refractivity contribution in [1.82, 2.24) is 4.90 Å². The molecule has 21 heavy (non-hydrogen) atoms. The molecule has 1 heterocycles. The lowest BCUT2D eigenvalue weighted by molar-refractivity contribution is -0.131. The van der Waals surface area contributed by atoms with Gasteiger partial charge in [-0.25, -0.2) is 4.39 Å². The monoisotopic (exact) mass is 295 g/mol. The van der Waals surface area contributed by atoms with Gasteiger partial charge in [0.2, 0.25) is 0 Å². The summed E-state index contributed by atoms with van der Waals surface area (Å²) in [6.07, 6.45) is 5.77. The zero-order chi connectivity index (χ0) is 15.1. The van der Waals surface area contributed by atoms with Crippen LogP contribution in [0.1, 0.15) is 44.1 Å². The molecule has 1 saturated heterocycles. The maximum absolute atomic E-state index is 13.6. The highest BCUT2D eigenvalue weighted by Gasteiger charge is 2.36. The number of methoxy groups -OCH3 is 1. The molecule has 2 rings (SSSR count). The van der Waals surface area contributed by atoms with Crippen LogP contribution in [-0.2, 0) is 10.5 Å². The van der Waals surface area contributed by atoms with Crippen LogP contribution in [0.2, 0.25) is 0 Å². The smallest absolute Gasteiger partial charge is 0.144 e. The molecule has 1 aromatic carbocycles. The third kappa shape index (κ3) is 4.25. The number of nitrogens with zero attached hydrogens (tertiary/aromatic N) is 1. The van der Waals surface area contributed by atoms with Crippen LogP contribution in [0, 0.1) is 5.82 Å². The van der Waals surface area contributed by atoms with Crippen molar-refractivity contribution < 1.29 is 14.2 Å². The lowest BCUT2D eigenvalue weighted by Crippen LogP contribution is -2.48. The molecule has 1 atom stereocenters. The molecule has 0 aliphatic carbocycles. The van der Waals surface area contributed by atoms with Crippen molar-refractivity contribution in [2.24, 2.45) is 0 Å². The van der Waals surface area contributed by atoms with Crippen molar-refractivity contribution in [3.05, 3.63) is 35.6 Å². The van der Waals surface area contributed by atoms with E-state index in [4.69, 9.17) is 4.74 Å². The van der Waals surface area contributed by atoms with Crippen LogP contribution in [0.5, 0.6) is 0 Å². The number of aliphatic hydroxyl groups is 1. The van der Waals surface area contributed by atoms with Gasteiger partial charge in [-0.2, -0.15) is 0 Å². The molecule has 0 spiro atoms. The number of ether oxygens (including phenoxy) is 1. The average Bonchev–Trinajstić information content (AvgIpc) is 2.52. The summed E-state index contributed by atoms with van der Waals surface area (Å²) in [6, 6.07) is 6.39. The Balaban J connectivity index is 2.15. The second kappa shape index (κ2) is 7.87. The summed E-state index contributed by atoms with van der Waals surface area (Å²) in [4.78, 5) is 2.11. The molecule has 0 unspecified atom stereocenters. The van der Waals surface area contributed by atoms with Gasteiger partial charge in [-0.05, 0) is 44.2 Å². The number of hydrogen-bond acceptors (Lipinski definition) is 3. The molecule has 1 aliphatic rings. The van der Waals surface area contributed by atoms with Gasteiger partial charge in [0.25, 0.3) is 0 Å². The largest absolute Gasteiger partial charge is 0.385 e. The van der Waals surface area contributed by atoms with E-state index in [9.17, 15) is 9.50 Å². The summed E-state index contributed by atoms with van der Waals surface area (Å²) in [5.41, 5.74) is -0.391.